The molecular weight excluding hydrogens is 198 g/mol. The predicted octanol–water partition coefficient (Wildman–Crippen LogP) is 2.34. The van der Waals surface area contributed by atoms with E-state index in [1.165, 1.54) is 43.8 Å². The molecule has 3 rings (SSSR count). The molecule has 1 aromatic rings. The predicted molar refractivity (Wildman–Crippen MR) is 67.1 cm³/mol. The van der Waals surface area contributed by atoms with Crippen LogP contribution in [0.2, 0.25) is 0 Å². The summed E-state index contributed by atoms with van der Waals surface area (Å²) in [7, 11) is 0. The van der Waals surface area contributed by atoms with Crippen LogP contribution in [0, 0.1) is 0 Å². The number of likely N-dealkylation sites (tertiary alicyclic amines) is 1. The number of amidine groups is 1. The average molecular weight is 215 g/mol. The van der Waals surface area contributed by atoms with Gasteiger partial charge in [-0.1, -0.05) is 6.07 Å². The van der Waals surface area contributed by atoms with Gasteiger partial charge in [-0.15, -0.1) is 0 Å². The van der Waals surface area contributed by atoms with Gasteiger partial charge in [-0.05, 0) is 37.0 Å². The van der Waals surface area contributed by atoms with Crippen molar-refractivity contribution in [3.63, 3.8) is 0 Å². The molecule has 0 saturated carbocycles. The number of hydrogen-bond acceptors (Lipinski definition) is 3. The largest absolute Gasteiger partial charge is 0.399 e. The van der Waals surface area contributed by atoms with Crippen LogP contribution < -0.4 is 5.73 Å². The third-order valence-corrected chi connectivity index (χ3v) is 3.43. The number of nitrogens with two attached hydrogens (primary N) is 1. The molecule has 0 spiro atoms. The number of benzene rings is 1. The van der Waals surface area contributed by atoms with Gasteiger partial charge in [0.2, 0.25) is 0 Å². The maximum atomic E-state index is 5.77. The van der Waals surface area contributed by atoms with E-state index in [1.54, 1.807) is 0 Å². The van der Waals surface area contributed by atoms with E-state index < -0.39 is 0 Å². The molecule has 3 heteroatoms. The van der Waals surface area contributed by atoms with E-state index in [0.717, 1.165) is 17.8 Å². The van der Waals surface area contributed by atoms with Gasteiger partial charge in [0.05, 0.1) is 5.69 Å². The molecule has 0 aliphatic carbocycles. The number of anilines is 1. The first-order valence-electron chi connectivity index (χ1n) is 6.04. The second-order valence-corrected chi connectivity index (χ2v) is 4.64. The highest BCUT2D eigenvalue weighted by atomic mass is 15.2. The summed E-state index contributed by atoms with van der Waals surface area (Å²) in [5, 5.41) is 0. The van der Waals surface area contributed by atoms with Crippen LogP contribution in [0.3, 0.4) is 0 Å². The second-order valence-electron chi connectivity index (χ2n) is 4.64. The molecule has 1 saturated heterocycles. The van der Waals surface area contributed by atoms with Crippen molar-refractivity contribution in [1.82, 2.24) is 4.90 Å². The van der Waals surface area contributed by atoms with Crippen molar-refractivity contribution in [2.45, 2.75) is 25.7 Å². The lowest BCUT2D eigenvalue weighted by atomic mass is 10.1. The Kier molecular flexibility index (Phi) is 2.31. The van der Waals surface area contributed by atoms with Crippen LogP contribution in [0.25, 0.3) is 0 Å². The molecule has 2 aliphatic rings. The Bertz CT molecular complexity index is 431. The first-order valence-corrected chi connectivity index (χ1v) is 6.04. The van der Waals surface area contributed by atoms with Gasteiger partial charge in [0.1, 0.15) is 5.84 Å². The summed E-state index contributed by atoms with van der Waals surface area (Å²) in [6.07, 6.45) is 4.95. The zero-order valence-electron chi connectivity index (χ0n) is 9.45. The van der Waals surface area contributed by atoms with Gasteiger partial charge >= 0.3 is 0 Å². The van der Waals surface area contributed by atoms with E-state index in [9.17, 15) is 0 Å². The fourth-order valence-corrected chi connectivity index (χ4v) is 2.52. The number of nitrogens with zero attached hydrogens (tertiary/aromatic N) is 2. The Hall–Kier alpha value is -1.51. The zero-order chi connectivity index (χ0) is 11.0. The highest BCUT2D eigenvalue weighted by Crippen LogP contribution is 2.30. The highest BCUT2D eigenvalue weighted by Gasteiger charge is 2.21. The summed E-state index contributed by atoms with van der Waals surface area (Å²) >= 11 is 0. The van der Waals surface area contributed by atoms with Crippen molar-refractivity contribution in [3.05, 3.63) is 23.8 Å². The molecule has 1 fully saturated rings. The fraction of sp³-hybridized carbons (Fsp3) is 0.462. The number of aliphatic imine (C=N–C) groups is 1. The molecule has 3 nitrogen and oxygen atoms in total. The Morgan fingerprint density at radius 3 is 2.75 bits per heavy atom. The maximum Gasteiger partial charge on any atom is 0.109 e. The monoisotopic (exact) mass is 215 g/mol. The number of piperidine rings is 1. The molecule has 1 aromatic carbocycles. The van der Waals surface area contributed by atoms with Crippen LogP contribution in [0.4, 0.5) is 11.4 Å². The molecule has 0 bridgehead atoms. The van der Waals surface area contributed by atoms with Crippen molar-refractivity contribution in [3.8, 4) is 0 Å². The van der Waals surface area contributed by atoms with Crippen LogP contribution in [-0.4, -0.2) is 23.8 Å². The number of fused-ring (bicyclic) bond motifs is 1. The Morgan fingerprint density at radius 2 is 1.94 bits per heavy atom. The van der Waals surface area contributed by atoms with Crippen molar-refractivity contribution >= 4 is 17.2 Å². The number of hydrogen-bond donors (Lipinski definition) is 1. The van der Waals surface area contributed by atoms with Gasteiger partial charge in [0, 0.05) is 25.2 Å². The molecule has 0 atom stereocenters. The van der Waals surface area contributed by atoms with Gasteiger partial charge < -0.3 is 10.6 Å². The van der Waals surface area contributed by atoms with E-state index in [-0.39, 0.29) is 0 Å². The minimum Gasteiger partial charge on any atom is -0.399 e. The van der Waals surface area contributed by atoms with Crippen molar-refractivity contribution in [2.75, 3.05) is 18.8 Å². The van der Waals surface area contributed by atoms with Gasteiger partial charge in [-0.25, -0.2) is 4.99 Å². The van der Waals surface area contributed by atoms with E-state index in [2.05, 4.69) is 11.0 Å². The quantitative estimate of drug-likeness (QED) is 0.675. The minimum atomic E-state index is 0.808. The summed E-state index contributed by atoms with van der Waals surface area (Å²) < 4.78 is 0. The number of rotatable bonds is 0. The Morgan fingerprint density at radius 1 is 1.12 bits per heavy atom. The lowest BCUT2D eigenvalue weighted by Crippen LogP contribution is -2.35. The number of nitrogen functional groups attached to an aromatic ring is 1. The lowest BCUT2D eigenvalue weighted by Gasteiger charge is -2.28. The molecule has 2 N–H and O–H groups in total. The SMILES string of the molecule is Nc1ccc2c(c1)N=C(N1CCCCC1)C2. The Balaban J connectivity index is 1.83. The van der Waals surface area contributed by atoms with E-state index in [4.69, 9.17) is 10.7 Å². The third-order valence-electron chi connectivity index (χ3n) is 3.43. The lowest BCUT2D eigenvalue weighted by molar-refractivity contribution is 0.339. The standard InChI is InChI=1S/C13H17N3/c14-11-5-4-10-8-13(15-12(10)9-11)16-6-2-1-3-7-16/h4-5,9H,1-3,6-8,14H2. The normalized spacial score (nSPS) is 19.5. The highest BCUT2D eigenvalue weighted by molar-refractivity contribution is 5.92. The summed E-state index contributed by atoms with van der Waals surface area (Å²) in [6.45, 7) is 2.34. The fourth-order valence-electron chi connectivity index (χ4n) is 2.52. The molecule has 0 amide bonds. The third kappa shape index (κ3) is 1.66. The van der Waals surface area contributed by atoms with Crippen LogP contribution in [-0.2, 0) is 6.42 Å². The average Bonchev–Trinajstić information content (AvgIpc) is 2.73. The van der Waals surface area contributed by atoms with Crippen LogP contribution in [0.5, 0.6) is 0 Å². The van der Waals surface area contributed by atoms with Crippen LogP contribution >= 0.6 is 0 Å². The van der Waals surface area contributed by atoms with Gasteiger partial charge in [-0.2, -0.15) is 0 Å². The van der Waals surface area contributed by atoms with E-state index in [1.807, 2.05) is 12.1 Å². The van der Waals surface area contributed by atoms with Crippen molar-refractivity contribution in [2.24, 2.45) is 4.99 Å². The Labute approximate surface area is 96.0 Å². The molecule has 16 heavy (non-hydrogen) atoms. The molecular formula is C13H17N3. The minimum absolute atomic E-state index is 0.808. The van der Waals surface area contributed by atoms with Crippen LogP contribution in [0.1, 0.15) is 24.8 Å². The van der Waals surface area contributed by atoms with E-state index >= 15 is 0 Å². The van der Waals surface area contributed by atoms with Gasteiger partial charge in [0.15, 0.2) is 0 Å². The van der Waals surface area contributed by atoms with Crippen LogP contribution in [0.15, 0.2) is 23.2 Å². The van der Waals surface area contributed by atoms with E-state index in [0.29, 0.717) is 0 Å². The smallest absolute Gasteiger partial charge is 0.109 e. The molecule has 0 aromatic heterocycles. The summed E-state index contributed by atoms with van der Waals surface area (Å²) in [5.74, 6) is 1.24. The molecule has 84 valence electrons. The van der Waals surface area contributed by atoms with Gasteiger partial charge in [0.25, 0.3) is 0 Å². The molecule has 2 aliphatic heterocycles. The zero-order valence-corrected chi connectivity index (χ0v) is 9.45. The molecule has 0 radical (unpaired) electrons. The molecule has 2 heterocycles. The first-order chi connectivity index (χ1) is 7.83. The summed E-state index contributed by atoms with van der Waals surface area (Å²) in [4.78, 5) is 7.13. The molecule has 0 unspecified atom stereocenters. The second kappa shape index (κ2) is 3.81. The maximum absolute atomic E-state index is 5.77. The summed E-state index contributed by atoms with van der Waals surface area (Å²) in [6, 6.07) is 6.05. The topological polar surface area (TPSA) is 41.6 Å². The first kappa shape index (κ1) is 9.70. The van der Waals surface area contributed by atoms with Crippen molar-refractivity contribution in [1.29, 1.82) is 0 Å². The van der Waals surface area contributed by atoms with Crippen molar-refractivity contribution < 1.29 is 0 Å². The van der Waals surface area contributed by atoms with Gasteiger partial charge in [-0.3, -0.25) is 0 Å². The summed E-state index contributed by atoms with van der Waals surface area (Å²) in [5.41, 5.74) is 8.96.